The molecule has 0 saturated carbocycles. The van der Waals surface area contributed by atoms with Crippen LogP contribution in [0, 0.1) is 0 Å². The second kappa shape index (κ2) is 7.21. The smallest absolute Gasteiger partial charge is 0.127 e. The van der Waals surface area contributed by atoms with Crippen LogP contribution >= 0.6 is 15.9 Å². The fourth-order valence-electron chi connectivity index (χ4n) is 3.09. The van der Waals surface area contributed by atoms with Gasteiger partial charge in [0.15, 0.2) is 0 Å². The molecule has 1 heterocycles. The second-order valence-corrected chi connectivity index (χ2v) is 6.88. The fourth-order valence-corrected chi connectivity index (χ4v) is 3.35. The van der Waals surface area contributed by atoms with E-state index in [1.54, 1.807) is 9.80 Å². The van der Waals surface area contributed by atoms with Crippen LogP contribution in [0.4, 0.5) is 0 Å². The van der Waals surface area contributed by atoms with Gasteiger partial charge in [0.05, 0.1) is 0 Å². The van der Waals surface area contributed by atoms with Gasteiger partial charge in [0.1, 0.15) is 39.3 Å². The average Bonchev–Trinajstić information content (AvgIpc) is 2.53. The van der Waals surface area contributed by atoms with Crippen LogP contribution in [0.25, 0.3) is 0 Å². The summed E-state index contributed by atoms with van der Waals surface area (Å²) in [5.74, 6) is 0. The van der Waals surface area contributed by atoms with Crippen LogP contribution in [0.15, 0.2) is 59.1 Å². The highest BCUT2D eigenvalue weighted by molar-refractivity contribution is 9.10. The molecule has 21 heavy (non-hydrogen) atoms. The van der Waals surface area contributed by atoms with E-state index in [4.69, 9.17) is 0 Å². The van der Waals surface area contributed by atoms with Crippen LogP contribution < -0.4 is 9.80 Å². The molecule has 0 aromatic heterocycles. The van der Waals surface area contributed by atoms with Gasteiger partial charge in [-0.15, -0.1) is 0 Å². The zero-order valence-electron chi connectivity index (χ0n) is 12.3. The molecular weight excluding hydrogens is 324 g/mol. The molecule has 0 atom stereocenters. The van der Waals surface area contributed by atoms with E-state index in [0.29, 0.717) is 0 Å². The first-order chi connectivity index (χ1) is 10.3. The lowest BCUT2D eigenvalue weighted by molar-refractivity contribution is -1.02. The van der Waals surface area contributed by atoms with Crippen LogP contribution in [0.3, 0.4) is 0 Å². The molecular formula is C18H23BrN2+2. The number of benzene rings is 2. The van der Waals surface area contributed by atoms with E-state index in [1.807, 2.05) is 0 Å². The number of halogens is 1. The normalized spacial score (nSPS) is 22.1. The number of hydrogen-bond acceptors (Lipinski definition) is 0. The Bertz CT molecular complexity index is 545. The first-order valence-corrected chi connectivity index (χ1v) is 8.54. The summed E-state index contributed by atoms with van der Waals surface area (Å²) in [6.07, 6.45) is 0. The number of rotatable bonds is 4. The Hall–Kier alpha value is -1.16. The highest BCUT2D eigenvalue weighted by Crippen LogP contribution is 2.09. The molecule has 1 saturated heterocycles. The highest BCUT2D eigenvalue weighted by Gasteiger charge is 2.22. The molecule has 110 valence electrons. The van der Waals surface area contributed by atoms with Crippen LogP contribution in [0.1, 0.15) is 11.1 Å². The van der Waals surface area contributed by atoms with Crippen molar-refractivity contribution in [3.63, 3.8) is 0 Å². The van der Waals surface area contributed by atoms with Crippen molar-refractivity contribution >= 4 is 15.9 Å². The summed E-state index contributed by atoms with van der Waals surface area (Å²) in [7, 11) is 0. The van der Waals surface area contributed by atoms with Gasteiger partial charge in [0.2, 0.25) is 0 Å². The Labute approximate surface area is 135 Å². The average molecular weight is 347 g/mol. The molecule has 2 nitrogen and oxygen atoms in total. The molecule has 0 bridgehead atoms. The molecule has 0 amide bonds. The lowest BCUT2D eigenvalue weighted by atomic mass is 10.1. The van der Waals surface area contributed by atoms with Gasteiger partial charge in [-0.1, -0.05) is 58.4 Å². The zero-order chi connectivity index (χ0) is 14.5. The van der Waals surface area contributed by atoms with Crippen molar-refractivity contribution in [2.75, 3.05) is 26.2 Å². The van der Waals surface area contributed by atoms with Crippen LogP contribution in [-0.4, -0.2) is 26.2 Å². The topological polar surface area (TPSA) is 8.88 Å². The number of piperazine rings is 1. The maximum Gasteiger partial charge on any atom is 0.127 e. The Kier molecular flexibility index (Phi) is 5.07. The summed E-state index contributed by atoms with van der Waals surface area (Å²) in [6, 6.07) is 19.6. The first-order valence-electron chi connectivity index (χ1n) is 7.75. The predicted octanol–water partition coefficient (Wildman–Crippen LogP) is 0.933. The standard InChI is InChI=1S/C18H21BrN2/c19-18-8-6-17(7-9-18)15-21-12-10-20(11-13-21)14-16-4-2-1-3-5-16/h1-9H,10-15H2/p+2. The van der Waals surface area contributed by atoms with E-state index >= 15 is 0 Å². The SMILES string of the molecule is Brc1ccc(C[NH+]2CC[NH+](Cc3ccccc3)CC2)cc1. The summed E-state index contributed by atoms with van der Waals surface area (Å²) in [4.78, 5) is 3.44. The Morgan fingerprint density at radius 3 is 1.67 bits per heavy atom. The van der Waals surface area contributed by atoms with E-state index in [-0.39, 0.29) is 0 Å². The maximum absolute atomic E-state index is 3.50. The molecule has 0 unspecified atom stereocenters. The summed E-state index contributed by atoms with van der Waals surface area (Å²) >= 11 is 3.50. The molecule has 2 N–H and O–H groups in total. The van der Waals surface area contributed by atoms with Gasteiger partial charge in [-0.25, -0.2) is 0 Å². The van der Waals surface area contributed by atoms with Gasteiger partial charge in [-0.2, -0.15) is 0 Å². The molecule has 2 aromatic rings. The Morgan fingerprint density at radius 1 is 0.667 bits per heavy atom. The minimum Gasteiger partial charge on any atom is -0.322 e. The van der Waals surface area contributed by atoms with Crippen molar-refractivity contribution in [2.45, 2.75) is 13.1 Å². The van der Waals surface area contributed by atoms with Crippen LogP contribution in [-0.2, 0) is 13.1 Å². The monoisotopic (exact) mass is 346 g/mol. The van der Waals surface area contributed by atoms with E-state index < -0.39 is 0 Å². The van der Waals surface area contributed by atoms with Gasteiger partial charge < -0.3 is 9.80 Å². The number of quaternary nitrogens is 2. The quantitative estimate of drug-likeness (QED) is 0.815. The van der Waals surface area contributed by atoms with E-state index in [2.05, 4.69) is 70.5 Å². The third-order valence-corrected chi connectivity index (χ3v) is 4.86. The summed E-state index contributed by atoms with van der Waals surface area (Å²) < 4.78 is 1.17. The third kappa shape index (κ3) is 4.40. The Morgan fingerprint density at radius 2 is 1.14 bits per heavy atom. The predicted molar refractivity (Wildman–Crippen MR) is 89.4 cm³/mol. The fraction of sp³-hybridized carbons (Fsp3) is 0.333. The third-order valence-electron chi connectivity index (χ3n) is 4.33. The molecule has 1 aliphatic heterocycles. The largest absolute Gasteiger partial charge is 0.322 e. The minimum atomic E-state index is 1.16. The first kappa shape index (κ1) is 14.8. The highest BCUT2D eigenvalue weighted by atomic mass is 79.9. The zero-order valence-corrected chi connectivity index (χ0v) is 13.9. The van der Waals surface area contributed by atoms with Gasteiger partial charge in [-0.05, 0) is 12.1 Å². The molecule has 0 spiro atoms. The number of hydrogen-bond donors (Lipinski definition) is 2. The van der Waals surface area contributed by atoms with Gasteiger partial charge in [-0.3, -0.25) is 0 Å². The number of nitrogens with one attached hydrogen (secondary N) is 2. The van der Waals surface area contributed by atoms with Crippen molar-refractivity contribution < 1.29 is 9.80 Å². The molecule has 1 fully saturated rings. The molecule has 0 radical (unpaired) electrons. The van der Waals surface area contributed by atoms with E-state index in [0.717, 1.165) is 6.54 Å². The minimum absolute atomic E-state index is 1.16. The molecule has 0 aliphatic carbocycles. The summed E-state index contributed by atoms with van der Waals surface area (Å²) in [5.41, 5.74) is 2.91. The molecule has 1 aliphatic rings. The molecule has 3 heteroatoms. The van der Waals surface area contributed by atoms with Gasteiger partial charge in [0, 0.05) is 15.6 Å². The van der Waals surface area contributed by atoms with Crippen molar-refractivity contribution in [3.05, 3.63) is 70.2 Å². The lowest BCUT2D eigenvalue weighted by Gasteiger charge is -2.29. The summed E-state index contributed by atoms with van der Waals surface area (Å²) in [5, 5.41) is 0. The van der Waals surface area contributed by atoms with Crippen molar-refractivity contribution in [3.8, 4) is 0 Å². The lowest BCUT2D eigenvalue weighted by Crippen LogP contribution is -3.27. The van der Waals surface area contributed by atoms with Crippen molar-refractivity contribution in [1.82, 2.24) is 0 Å². The van der Waals surface area contributed by atoms with E-state index in [9.17, 15) is 0 Å². The Balaban J connectivity index is 1.47. The van der Waals surface area contributed by atoms with Gasteiger partial charge in [0.25, 0.3) is 0 Å². The maximum atomic E-state index is 3.50. The van der Waals surface area contributed by atoms with Crippen molar-refractivity contribution in [2.24, 2.45) is 0 Å². The summed E-state index contributed by atoms with van der Waals surface area (Å²) in [6.45, 7) is 7.44. The van der Waals surface area contributed by atoms with Crippen LogP contribution in [0.2, 0.25) is 0 Å². The molecule has 3 rings (SSSR count). The second-order valence-electron chi connectivity index (χ2n) is 5.97. The van der Waals surface area contributed by atoms with E-state index in [1.165, 1.54) is 48.3 Å². The van der Waals surface area contributed by atoms with Crippen LogP contribution in [0.5, 0.6) is 0 Å². The van der Waals surface area contributed by atoms with Crippen molar-refractivity contribution in [1.29, 1.82) is 0 Å². The molecule has 2 aromatic carbocycles. The van der Waals surface area contributed by atoms with Gasteiger partial charge >= 0.3 is 0 Å².